The van der Waals surface area contributed by atoms with Gasteiger partial charge in [0.05, 0.1) is 5.69 Å². The first kappa shape index (κ1) is 19.2. The van der Waals surface area contributed by atoms with E-state index in [1.165, 1.54) is 5.56 Å². The highest BCUT2D eigenvalue weighted by Crippen LogP contribution is 2.33. The molecule has 2 aromatic carbocycles. The highest BCUT2D eigenvalue weighted by atomic mass is 79.9. The molecule has 0 radical (unpaired) electrons. The van der Waals surface area contributed by atoms with Crippen molar-refractivity contribution in [3.63, 3.8) is 0 Å². The molecule has 1 aliphatic heterocycles. The van der Waals surface area contributed by atoms with E-state index in [-0.39, 0.29) is 4.90 Å². The largest absolute Gasteiger partial charge is 0.378 e. The molecule has 2 aromatic rings. The molecule has 0 saturated carbocycles. The Hall–Kier alpha value is -1.57. The highest BCUT2D eigenvalue weighted by molar-refractivity contribution is 9.10. The Morgan fingerprint density at radius 2 is 1.96 bits per heavy atom. The van der Waals surface area contributed by atoms with E-state index in [0.29, 0.717) is 10.2 Å². The Balaban J connectivity index is 1.93. The average molecular weight is 438 g/mol. The number of anilines is 2. The first-order chi connectivity index (χ1) is 12.3. The van der Waals surface area contributed by atoms with Crippen LogP contribution in [0, 0.1) is 0 Å². The van der Waals surface area contributed by atoms with Gasteiger partial charge in [-0.15, -0.1) is 0 Å². The predicted octanol–water partition coefficient (Wildman–Crippen LogP) is 4.04. The van der Waals surface area contributed by atoms with E-state index < -0.39 is 10.0 Å². The molecule has 0 saturated heterocycles. The third-order valence-corrected chi connectivity index (χ3v) is 6.91. The molecule has 0 aliphatic carbocycles. The summed E-state index contributed by atoms with van der Waals surface area (Å²) in [6, 6.07) is 11.2. The van der Waals surface area contributed by atoms with Crippen molar-refractivity contribution in [1.82, 2.24) is 4.90 Å². The van der Waals surface area contributed by atoms with Crippen LogP contribution >= 0.6 is 15.9 Å². The third kappa shape index (κ3) is 3.89. The van der Waals surface area contributed by atoms with Crippen LogP contribution in [-0.4, -0.2) is 34.0 Å². The number of nitrogens with one attached hydrogen (secondary N) is 1. The highest BCUT2D eigenvalue weighted by Gasteiger charge is 2.25. The van der Waals surface area contributed by atoms with Crippen molar-refractivity contribution in [2.45, 2.75) is 31.3 Å². The van der Waals surface area contributed by atoms with E-state index in [0.717, 1.165) is 37.3 Å². The van der Waals surface area contributed by atoms with Gasteiger partial charge in [-0.2, -0.15) is 0 Å². The van der Waals surface area contributed by atoms with Gasteiger partial charge in [0, 0.05) is 37.3 Å². The van der Waals surface area contributed by atoms with Crippen LogP contribution in [-0.2, 0) is 23.1 Å². The fourth-order valence-corrected chi connectivity index (χ4v) is 5.31. The molecular weight excluding hydrogens is 414 g/mol. The Labute approximate surface area is 164 Å². The molecule has 0 atom stereocenters. The van der Waals surface area contributed by atoms with Crippen LogP contribution in [0.1, 0.15) is 24.5 Å². The summed E-state index contributed by atoms with van der Waals surface area (Å²) in [5.74, 6) is 0. The molecule has 0 aromatic heterocycles. The average Bonchev–Trinajstić information content (AvgIpc) is 2.98. The normalized spacial score (nSPS) is 14.3. The van der Waals surface area contributed by atoms with Gasteiger partial charge in [0.1, 0.15) is 4.90 Å². The van der Waals surface area contributed by atoms with Crippen LogP contribution in [0.2, 0.25) is 0 Å². The summed E-state index contributed by atoms with van der Waals surface area (Å²) in [4.78, 5) is 4.46. The standard InChI is InChI=1S/C19H24BrN3O2S/c1-4-10-23-12-14-6-5-7-18(16(14)13-23)21-26(24,25)19-11-15(22(2)3)8-9-17(19)20/h5-9,11,21H,4,10,12-13H2,1-3H3. The molecule has 0 fully saturated rings. The zero-order valence-corrected chi connectivity index (χ0v) is 17.7. The first-order valence-electron chi connectivity index (χ1n) is 8.64. The van der Waals surface area contributed by atoms with Crippen LogP contribution < -0.4 is 9.62 Å². The minimum atomic E-state index is -3.69. The zero-order chi connectivity index (χ0) is 18.9. The van der Waals surface area contributed by atoms with Gasteiger partial charge < -0.3 is 4.90 Å². The van der Waals surface area contributed by atoms with Crippen molar-refractivity contribution in [2.75, 3.05) is 30.3 Å². The minimum absolute atomic E-state index is 0.240. The second-order valence-corrected chi connectivity index (χ2v) is 9.27. The van der Waals surface area contributed by atoms with E-state index >= 15 is 0 Å². The lowest BCUT2D eigenvalue weighted by Gasteiger charge is -2.17. The summed E-state index contributed by atoms with van der Waals surface area (Å²) >= 11 is 3.38. The SMILES string of the molecule is CCCN1Cc2cccc(NS(=O)(=O)c3cc(N(C)C)ccc3Br)c2C1. The Morgan fingerprint density at radius 3 is 2.65 bits per heavy atom. The van der Waals surface area contributed by atoms with E-state index in [4.69, 9.17) is 0 Å². The van der Waals surface area contributed by atoms with Crippen LogP contribution in [0.4, 0.5) is 11.4 Å². The van der Waals surface area contributed by atoms with Crippen LogP contribution in [0.25, 0.3) is 0 Å². The first-order valence-corrected chi connectivity index (χ1v) is 10.9. The maximum absolute atomic E-state index is 13.0. The lowest BCUT2D eigenvalue weighted by Crippen LogP contribution is -2.18. The third-order valence-electron chi connectivity index (χ3n) is 4.55. The van der Waals surface area contributed by atoms with Gasteiger partial charge >= 0.3 is 0 Å². The van der Waals surface area contributed by atoms with Gasteiger partial charge in [0.15, 0.2) is 0 Å². The van der Waals surface area contributed by atoms with E-state index in [2.05, 4.69) is 38.5 Å². The predicted molar refractivity (Wildman–Crippen MR) is 110 cm³/mol. The Morgan fingerprint density at radius 1 is 1.19 bits per heavy atom. The number of hydrogen-bond donors (Lipinski definition) is 1. The van der Waals surface area contributed by atoms with Gasteiger partial charge in [-0.05, 0) is 64.3 Å². The summed E-state index contributed by atoms with van der Waals surface area (Å²) in [7, 11) is 0.0833. The van der Waals surface area contributed by atoms with Crippen LogP contribution in [0.15, 0.2) is 45.8 Å². The van der Waals surface area contributed by atoms with Gasteiger partial charge in [0.2, 0.25) is 0 Å². The number of nitrogens with zero attached hydrogens (tertiary/aromatic N) is 2. The number of sulfonamides is 1. The molecule has 0 spiro atoms. The van der Waals surface area contributed by atoms with Crippen LogP contribution in [0.5, 0.6) is 0 Å². The molecule has 140 valence electrons. The summed E-state index contributed by atoms with van der Waals surface area (Å²) in [6.07, 6.45) is 1.08. The fourth-order valence-electron chi connectivity index (χ4n) is 3.24. The summed E-state index contributed by atoms with van der Waals surface area (Å²) < 4.78 is 29.4. The monoisotopic (exact) mass is 437 g/mol. The molecule has 3 rings (SSSR count). The molecule has 26 heavy (non-hydrogen) atoms. The van der Waals surface area contributed by atoms with Gasteiger partial charge in [-0.1, -0.05) is 19.1 Å². The fraction of sp³-hybridized carbons (Fsp3) is 0.368. The summed E-state index contributed by atoms with van der Waals surface area (Å²) in [5, 5.41) is 0. The molecule has 7 heteroatoms. The molecule has 5 nitrogen and oxygen atoms in total. The van der Waals surface area contributed by atoms with E-state index in [1.807, 2.05) is 37.2 Å². The Bertz CT molecular complexity index is 913. The molecule has 0 bridgehead atoms. The second-order valence-electron chi connectivity index (χ2n) is 6.77. The summed E-state index contributed by atoms with van der Waals surface area (Å²) in [6.45, 7) is 4.82. The molecular formula is C19H24BrN3O2S. The number of hydrogen-bond acceptors (Lipinski definition) is 4. The molecule has 1 N–H and O–H groups in total. The lowest BCUT2D eigenvalue weighted by molar-refractivity contribution is 0.285. The molecule has 0 amide bonds. The topological polar surface area (TPSA) is 52.7 Å². The summed E-state index contributed by atoms with van der Waals surface area (Å²) in [5.41, 5.74) is 3.77. The second kappa shape index (κ2) is 7.58. The maximum atomic E-state index is 13.0. The van der Waals surface area contributed by atoms with Crippen LogP contribution in [0.3, 0.4) is 0 Å². The Kier molecular flexibility index (Phi) is 5.60. The van der Waals surface area contributed by atoms with Crippen molar-refractivity contribution >= 4 is 37.3 Å². The van der Waals surface area contributed by atoms with E-state index in [9.17, 15) is 8.42 Å². The maximum Gasteiger partial charge on any atom is 0.263 e. The number of halogens is 1. The number of fused-ring (bicyclic) bond motifs is 1. The van der Waals surface area contributed by atoms with Crippen molar-refractivity contribution in [2.24, 2.45) is 0 Å². The van der Waals surface area contributed by atoms with Crippen molar-refractivity contribution in [1.29, 1.82) is 0 Å². The number of benzene rings is 2. The van der Waals surface area contributed by atoms with Crippen molar-refractivity contribution in [3.05, 3.63) is 52.0 Å². The van der Waals surface area contributed by atoms with Gasteiger partial charge in [0.25, 0.3) is 10.0 Å². The van der Waals surface area contributed by atoms with Crippen molar-refractivity contribution in [3.8, 4) is 0 Å². The smallest absolute Gasteiger partial charge is 0.263 e. The minimum Gasteiger partial charge on any atom is -0.378 e. The van der Waals surface area contributed by atoms with Gasteiger partial charge in [-0.3, -0.25) is 9.62 Å². The quantitative estimate of drug-likeness (QED) is 0.740. The lowest BCUT2D eigenvalue weighted by atomic mass is 10.1. The molecule has 1 aliphatic rings. The molecule has 0 unspecified atom stereocenters. The van der Waals surface area contributed by atoms with Gasteiger partial charge in [-0.25, -0.2) is 8.42 Å². The molecule has 1 heterocycles. The van der Waals surface area contributed by atoms with Crippen molar-refractivity contribution < 1.29 is 8.42 Å². The van der Waals surface area contributed by atoms with E-state index in [1.54, 1.807) is 12.1 Å². The number of rotatable bonds is 6. The zero-order valence-electron chi connectivity index (χ0n) is 15.3.